The smallest absolute Gasteiger partial charge is 0.225 e. The summed E-state index contributed by atoms with van der Waals surface area (Å²) in [5, 5.41) is 2.53. The highest BCUT2D eigenvalue weighted by molar-refractivity contribution is 8.22. The third-order valence-electron chi connectivity index (χ3n) is 0.748. The summed E-state index contributed by atoms with van der Waals surface area (Å²) in [6, 6.07) is 0. The highest BCUT2D eigenvalue weighted by Crippen LogP contribution is 1.93. The van der Waals surface area contributed by atoms with E-state index in [-0.39, 0.29) is 5.91 Å². The van der Waals surface area contributed by atoms with Crippen molar-refractivity contribution in [2.45, 2.75) is 13.3 Å². The van der Waals surface area contributed by atoms with Gasteiger partial charge in [-0.1, -0.05) is 19.1 Å². The lowest BCUT2D eigenvalue weighted by Gasteiger charge is -1.99. The monoisotopic (exact) mass is 163 g/mol. The van der Waals surface area contributed by atoms with Crippen molar-refractivity contribution in [1.82, 2.24) is 5.32 Å². The van der Waals surface area contributed by atoms with Gasteiger partial charge in [0.2, 0.25) is 5.91 Å². The average molecular weight is 163 g/mol. The predicted molar refractivity (Wildman–Crippen MR) is 44.5 cm³/mol. The second-order valence-electron chi connectivity index (χ2n) is 1.39. The highest BCUT2D eigenvalue weighted by atomic mass is 32.2. The van der Waals surface area contributed by atoms with E-state index in [0.717, 1.165) is 0 Å². The van der Waals surface area contributed by atoms with Gasteiger partial charge in [-0.15, -0.1) is 11.8 Å². The maximum absolute atomic E-state index is 10.6. The zero-order valence-electron chi connectivity index (χ0n) is 5.43. The maximum atomic E-state index is 10.6. The van der Waals surface area contributed by atoms with Crippen LogP contribution in [0.1, 0.15) is 13.3 Å². The fourth-order valence-electron chi connectivity index (χ4n) is 0.253. The minimum atomic E-state index is -0.0191. The molecule has 1 N–H and O–H groups in total. The Balaban J connectivity index is 3.47. The molecule has 0 radical (unpaired) electrons. The zero-order valence-corrected chi connectivity index (χ0v) is 7.06. The molecule has 0 bridgehead atoms. The SMILES string of the molecule is CCC(=O)NC(=S)SC. The van der Waals surface area contributed by atoms with Crippen LogP contribution in [0, 0.1) is 0 Å². The summed E-state index contributed by atoms with van der Waals surface area (Å²) < 4.78 is 0.543. The molecule has 9 heavy (non-hydrogen) atoms. The van der Waals surface area contributed by atoms with Crippen LogP contribution in [0.5, 0.6) is 0 Å². The molecule has 0 fully saturated rings. The first-order chi connectivity index (χ1) is 4.20. The van der Waals surface area contributed by atoms with Crippen molar-refractivity contribution in [3.63, 3.8) is 0 Å². The van der Waals surface area contributed by atoms with Crippen LogP contribution in [0.2, 0.25) is 0 Å². The lowest BCUT2D eigenvalue weighted by molar-refractivity contribution is -0.119. The Hall–Kier alpha value is -0.0900. The van der Waals surface area contributed by atoms with Gasteiger partial charge in [0.15, 0.2) is 0 Å². The Kier molecular flexibility index (Phi) is 4.71. The number of hydrogen-bond donors (Lipinski definition) is 1. The molecule has 0 spiro atoms. The van der Waals surface area contributed by atoms with E-state index in [4.69, 9.17) is 12.2 Å². The number of carbonyl (C=O) groups is 1. The molecule has 0 aliphatic rings. The van der Waals surface area contributed by atoms with E-state index in [9.17, 15) is 4.79 Å². The van der Waals surface area contributed by atoms with Gasteiger partial charge < -0.3 is 5.32 Å². The summed E-state index contributed by atoms with van der Waals surface area (Å²) in [7, 11) is 0. The molecule has 1 amide bonds. The van der Waals surface area contributed by atoms with Crippen molar-refractivity contribution in [2.24, 2.45) is 0 Å². The fraction of sp³-hybridized carbons (Fsp3) is 0.600. The molecule has 0 unspecified atom stereocenters. The van der Waals surface area contributed by atoms with E-state index in [1.54, 1.807) is 6.92 Å². The Morgan fingerprint density at radius 2 is 2.33 bits per heavy atom. The van der Waals surface area contributed by atoms with Crippen LogP contribution in [0.15, 0.2) is 0 Å². The predicted octanol–water partition coefficient (Wildman–Crippen LogP) is 1.16. The zero-order chi connectivity index (χ0) is 7.28. The molecular formula is C5H9NOS2. The van der Waals surface area contributed by atoms with Gasteiger partial charge in [-0.3, -0.25) is 4.79 Å². The van der Waals surface area contributed by atoms with Gasteiger partial charge in [-0.2, -0.15) is 0 Å². The molecule has 0 saturated carbocycles. The second kappa shape index (κ2) is 4.76. The van der Waals surface area contributed by atoms with Crippen LogP contribution in [-0.4, -0.2) is 16.5 Å². The molecule has 0 aliphatic carbocycles. The van der Waals surface area contributed by atoms with Gasteiger partial charge in [0.1, 0.15) is 4.32 Å². The van der Waals surface area contributed by atoms with Crippen molar-refractivity contribution in [1.29, 1.82) is 0 Å². The Labute approximate surface area is 64.4 Å². The van der Waals surface area contributed by atoms with E-state index in [1.165, 1.54) is 11.8 Å². The fourth-order valence-corrected chi connectivity index (χ4v) is 0.583. The first kappa shape index (κ1) is 8.91. The Morgan fingerprint density at radius 3 is 2.67 bits per heavy atom. The normalized spacial score (nSPS) is 8.67. The summed E-state index contributed by atoms with van der Waals surface area (Å²) in [6.45, 7) is 1.79. The first-order valence-corrected chi connectivity index (χ1v) is 4.21. The van der Waals surface area contributed by atoms with Gasteiger partial charge in [0, 0.05) is 6.42 Å². The van der Waals surface area contributed by atoms with E-state index in [0.29, 0.717) is 10.7 Å². The molecule has 0 aromatic heterocycles. The largest absolute Gasteiger partial charge is 0.312 e. The summed E-state index contributed by atoms with van der Waals surface area (Å²) in [6.07, 6.45) is 2.32. The van der Waals surface area contributed by atoms with Crippen LogP contribution >= 0.6 is 24.0 Å². The second-order valence-corrected chi connectivity index (χ2v) is 2.88. The third kappa shape index (κ3) is 4.42. The lowest BCUT2D eigenvalue weighted by Crippen LogP contribution is -2.25. The van der Waals surface area contributed by atoms with Gasteiger partial charge >= 0.3 is 0 Å². The lowest BCUT2D eigenvalue weighted by atomic mass is 10.5. The summed E-state index contributed by atoms with van der Waals surface area (Å²) in [4.78, 5) is 10.6. The van der Waals surface area contributed by atoms with E-state index < -0.39 is 0 Å². The van der Waals surface area contributed by atoms with Gasteiger partial charge in [0.05, 0.1) is 0 Å². The summed E-state index contributed by atoms with van der Waals surface area (Å²) >= 11 is 6.10. The number of nitrogens with one attached hydrogen (secondary N) is 1. The van der Waals surface area contributed by atoms with Crippen LogP contribution in [0.3, 0.4) is 0 Å². The molecule has 0 atom stereocenters. The molecule has 2 nitrogen and oxygen atoms in total. The number of hydrogen-bond acceptors (Lipinski definition) is 3. The number of carbonyl (C=O) groups excluding carboxylic acids is 1. The number of rotatable bonds is 1. The van der Waals surface area contributed by atoms with Gasteiger partial charge in [0.25, 0.3) is 0 Å². The average Bonchev–Trinajstić information content (AvgIpc) is 1.87. The minimum Gasteiger partial charge on any atom is -0.312 e. The number of thioether (sulfide) groups is 1. The molecular weight excluding hydrogens is 154 g/mol. The topological polar surface area (TPSA) is 29.1 Å². The standard InChI is InChI=1S/C5H9NOS2/c1-3-4(7)6-5(8)9-2/h3H2,1-2H3,(H,6,7,8). The van der Waals surface area contributed by atoms with E-state index in [2.05, 4.69) is 5.32 Å². The third-order valence-corrected chi connectivity index (χ3v) is 1.82. The quantitative estimate of drug-likeness (QED) is 0.588. The molecule has 0 rings (SSSR count). The highest BCUT2D eigenvalue weighted by Gasteiger charge is 1.97. The van der Waals surface area contributed by atoms with Gasteiger partial charge in [-0.25, -0.2) is 0 Å². The molecule has 0 saturated heterocycles. The van der Waals surface area contributed by atoms with Crippen molar-refractivity contribution >= 4 is 34.2 Å². The van der Waals surface area contributed by atoms with E-state index in [1.807, 2.05) is 6.26 Å². The van der Waals surface area contributed by atoms with Crippen molar-refractivity contribution in [3.05, 3.63) is 0 Å². The Morgan fingerprint density at radius 1 is 1.78 bits per heavy atom. The van der Waals surface area contributed by atoms with Crippen LogP contribution in [0.25, 0.3) is 0 Å². The molecule has 0 aliphatic heterocycles. The Bertz CT molecular complexity index is 110. The summed E-state index contributed by atoms with van der Waals surface area (Å²) in [5.41, 5.74) is 0. The van der Waals surface area contributed by atoms with Gasteiger partial charge in [-0.05, 0) is 6.26 Å². The molecule has 0 aromatic rings. The number of amides is 1. The van der Waals surface area contributed by atoms with Crippen LogP contribution in [0.4, 0.5) is 0 Å². The van der Waals surface area contributed by atoms with E-state index >= 15 is 0 Å². The van der Waals surface area contributed by atoms with Crippen molar-refractivity contribution < 1.29 is 4.79 Å². The summed E-state index contributed by atoms with van der Waals surface area (Å²) in [5.74, 6) is -0.0191. The van der Waals surface area contributed by atoms with Crippen LogP contribution in [-0.2, 0) is 4.79 Å². The first-order valence-electron chi connectivity index (χ1n) is 2.58. The molecule has 52 valence electrons. The van der Waals surface area contributed by atoms with Crippen molar-refractivity contribution in [3.8, 4) is 0 Å². The molecule has 4 heteroatoms. The maximum Gasteiger partial charge on any atom is 0.225 e. The molecule has 0 aromatic carbocycles. The van der Waals surface area contributed by atoms with Crippen molar-refractivity contribution in [2.75, 3.05) is 6.26 Å². The van der Waals surface area contributed by atoms with Crippen LogP contribution < -0.4 is 5.32 Å². The molecule has 0 heterocycles. The minimum absolute atomic E-state index is 0.0191. The number of thiocarbonyl (C=S) groups is 1.